The highest BCUT2D eigenvalue weighted by Crippen LogP contribution is 2.43. The molecular weight excluding hydrogens is 485 g/mol. The van der Waals surface area contributed by atoms with E-state index in [1.165, 1.54) is 10.5 Å². The highest BCUT2D eigenvalue weighted by Gasteiger charge is 2.53. The molecule has 2 saturated heterocycles. The molecule has 2 aliphatic carbocycles. The third-order valence-electron chi connectivity index (χ3n) is 9.15. The van der Waals surface area contributed by atoms with Crippen molar-refractivity contribution < 1.29 is 14.0 Å². The van der Waals surface area contributed by atoms with Gasteiger partial charge in [-0.05, 0) is 73.3 Å². The highest BCUT2D eigenvalue weighted by atomic mass is 32.2. The molecule has 2 aromatic carbocycles. The molecule has 1 unspecified atom stereocenters. The minimum absolute atomic E-state index is 0.113. The molecule has 194 valence electrons. The van der Waals surface area contributed by atoms with E-state index in [0.717, 1.165) is 74.8 Å². The van der Waals surface area contributed by atoms with Gasteiger partial charge in [0.1, 0.15) is 12.0 Å². The Morgan fingerprint density at radius 1 is 1.08 bits per heavy atom. The number of hydrogen-bond acceptors (Lipinski definition) is 4. The zero-order valence-corrected chi connectivity index (χ0v) is 22.0. The number of aryl methyl sites for hydroxylation is 1. The van der Waals surface area contributed by atoms with Crippen LogP contribution in [0, 0.1) is 17.7 Å². The molecule has 2 saturated carbocycles. The average molecular weight is 520 g/mol. The summed E-state index contributed by atoms with van der Waals surface area (Å²) in [4.78, 5) is 31.6. The first kappa shape index (κ1) is 23.7. The Bertz CT molecular complexity index is 1260. The molecule has 2 amide bonds. The first-order valence-electron chi connectivity index (χ1n) is 13.9. The maximum absolute atomic E-state index is 15.8. The van der Waals surface area contributed by atoms with Gasteiger partial charge in [0.05, 0.1) is 5.54 Å². The SMILES string of the molecule is O=C(C1CC1)N1CC[C@@H](CN2C(=O)C3(CCCC3)NC2c2ccc(-c3ccc4c(c3)CCS4)cc2F)C1. The number of nitrogens with one attached hydrogen (secondary N) is 1. The van der Waals surface area contributed by atoms with Crippen LogP contribution < -0.4 is 5.32 Å². The number of benzene rings is 2. The molecule has 2 aromatic rings. The maximum Gasteiger partial charge on any atom is 0.244 e. The lowest BCUT2D eigenvalue weighted by Crippen LogP contribution is -2.44. The van der Waals surface area contributed by atoms with E-state index in [-0.39, 0.29) is 29.5 Å². The normalized spacial score (nSPS) is 26.5. The molecule has 0 aromatic heterocycles. The summed E-state index contributed by atoms with van der Waals surface area (Å²) in [7, 11) is 0. The van der Waals surface area contributed by atoms with Crippen molar-refractivity contribution in [2.24, 2.45) is 11.8 Å². The summed E-state index contributed by atoms with van der Waals surface area (Å²) >= 11 is 1.88. The van der Waals surface area contributed by atoms with Crippen LogP contribution in [0.3, 0.4) is 0 Å². The van der Waals surface area contributed by atoms with Gasteiger partial charge in [0.25, 0.3) is 0 Å². The van der Waals surface area contributed by atoms with E-state index in [4.69, 9.17) is 0 Å². The Balaban J connectivity index is 1.15. The second-order valence-electron chi connectivity index (χ2n) is 11.7. The number of rotatable bonds is 5. The third-order valence-corrected chi connectivity index (χ3v) is 10.3. The van der Waals surface area contributed by atoms with Crippen LogP contribution in [0.5, 0.6) is 0 Å². The Morgan fingerprint density at radius 3 is 2.65 bits per heavy atom. The van der Waals surface area contributed by atoms with Crippen LogP contribution in [-0.4, -0.2) is 52.5 Å². The molecule has 5 nitrogen and oxygen atoms in total. The standard InChI is InChI=1S/C30H34FN3O2S/c31-25-16-22(21-6-8-26-23(15-21)10-14-37-26)5-7-24(25)27-32-30(11-1-2-12-30)29(36)34(27)18-19-9-13-33(17-19)28(35)20-3-4-20/h5-8,15-16,19-20,27,32H,1-4,9-14,17-18H2/t19-,27?/m1/s1. The number of carbonyl (C=O) groups is 2. The summed E-state index contributed by atoms with van der Waals surface area (Å²) in [6.07, 6.45) is 7.17. The maximum atomic E-state index is 15.8. The first-order valence-corrected chi connectivity index (χ1v) is 14.9. The predicted molar refractivity (Wildman–Crippen MR) is 142 cm³/mol. The van der Waals surface area contributed by atoms with Gasteiger partial charge in [0, 0.05) is 41.8 Å². The lowest BCUT2D eigenvalue weighted by Gasteiger charge is -2.28. The number of carbonyl (C=O) groups excluding carboxylic acids is 2. The number of nitrogens with zero attached hydrogens (tertiary/aromatic N) is 2. The average Bonchev–Trinajstić information content (AvgIpc) is 3.25. The highest BCUT2D eigenvalue weighted by molar-refractivity contribution is 7.99. The number of halogens is 1. The van der Waals surface area contributed by atoms with Gasteiger partial charge >= 0.3 is 0 Å². The van der Waals surface area contributed by atoms with Crippen molar-refractivity contribution in [3.63, 3.8) is 0 Å². The molecule has 3 aliphatic heterocycles. The Labute approximate surface area is 222 Å². The van der Waals surface area contributed by atoms with Crippen molar-refractivity contribution in [3.8, 4) is 11.1 Å². The summed E-state index contributed by atoms with van der Waals surface area (Å²) in [6, 6.07) is 11.9. The van der Waals surface area contributed by atoms with E-state index in [1.807, 2.05) is 33.7 Å². The number of hydrogen-bond donors (Lipinski definition) is 1. The number of amides is 2. The molecular formula is C30H34FN3O2S. The molecule has 0 bridgehead atoms. The molecule has 7 heteroatoms. The zero-order valence-electron chi connectivity index (χ0n) is 21.2. The van der Waals surface area contributed by atoms with E-state index in [2.05, 4.69) is 23.5 Å². The van der Waals surface area contributed by atoms with E-state index in [1.54, 1.807) is 6.07 Å². The van der Waals surface area contributed by atoms with Crippen LogP contribution in [-0.2, 0) is 16.0 Å². The van der Waals surface area contributed by atoms with Crippen molar-refractivity contribution in [1.82, 2.24) is 15.1 Å². The molecule has 0 radical (unpaired) electrons. The van der Waals surface area contributed by atoms with Gasteiger partial charge in [-0.15, -0.1) is 11.8 Å². The van der Waals surface area contributed by atoms with E-state index >= 15 is 4.39 Å². The van der Waals surface area contributed by atoms with E-state index in [9.17, 15) is 9.59 Å². The van der Waals surface area contributed by atoms with Crippen LogP contribution in [0.2, 0.25) is 0 Å². The van der Waals surface area contributed by atoms with Crippen LogP contribution >= 0.6 is 11.8 Å². The fraction of sp³-hybridized carbons (Fsp3) is 0.533. The van der Waals surface area contributed by atoms with Gasteiger partial charge in [-0.2, -0.15) is 0 Å². The molecule has 5 aliphatic rings. The predicted octanol–water partition coefficient (Wildman–Crippen LogP) is 5.14. The quantitative estimate of drug-likeness (QED) is 0.594. The summed E-state index contributed by atoms with van der Waals surface area (Å²) in [5.41, 5.74) is 3.22. The second-order valence-corrected chi connectivity index (χ2v) is 12.8. The van der Waals surface area contributed by atoms with Gasteiger partial charge < -0.3 is 9.80 Å². The minimum atomic E-state index is -0.574. The van der Waals surface area contributed by atoms with Gasteiger partial charge in [0.2, 0.25) is 11.8 Å². The Morgan fingerprint density at radius 2 is 1.86 bits per heavy atom. The minimum Gasteiger partial charge on any atom is -0.342 e. The van der Waals surface area contributed by atoms with Crippen molar-refractivity contribution in [2.75, 3.05) is 25.4 Å². The molecule has 7 rings (SSSR count). The number of thioether (sulfide) groups is 1. The Hall–Kier alpha value is -2.38. The van der Waals surface area contributed by atoms with E-state index in [0.29, 0.717) is 18.7 Å². The van der Waals surface area contributed by atoms with Gasteiger partial charge in [-0.1, -0.05) is 37.1 Å². The van der Waals surface area contributed by atoms with Crippen LogP contribution in [0.15, 0.2) is 41.3 Å². The summed E-state index contributed by atoms with van der Waals surface area (Å²) < 4.78 is 15.8. The van der Waals surface area contributed by atoms with Crippen molar-refractivity contribution >= 4 is 23.6 Å². The third kappa shape index (κ3) is 4.19. The van der Waals surface area contributed by atoms with Crippen molar-refractivity contribution in [2.45, 2.75) is 68.0 Å². The Kier molecular flexibility index (Phi) is 5.85. The van der Waals surface area contributed by atoms with Crippen LogP contribution in [0.25, 0.3) is 11.1 Å². The monoisotopic (exact) mass is 519 g/mol. The first-order chi connectivity index (χ1) is 18.0. The zero-order chi connectivity index (χ0) is 25.1. The molecule has 1 spiro atoms. The number of likely N-dealkylation sites (tertiary alicyclic amines) is 1. The fourth-order valence-electron chi connectivity index (χ4n) is 6.91. The second kappa shape index (κ2) is 9.12. The van der Waals surface area contributed by atoms with Gasteiger partial charge in [0.15, 0.2) is 0 Å². The lowest BCUT2D eigenvalue weighted by atomic mass is 9.97. The van der Waals surface area contributed by atoms with Gasteiger partial charge in [-0.25, -0.2) is 4.39 Å². The van der Waals surface area contributed by atoms with Crippen LogP contribution in [0.1, 0.15) is 62.2 Å². The summed E-state index contributed by atoms with van der Waals surface area (Å²) in [5, 5.41) is 3.61. The molecule has 1 N–H and O–H groups in total. The van der Waals surface area contributed by atoms with Crippen molar-refractivity contribution in [1.29, 1.82) is 0 Å². The van der Waals surface area contributed by atoms with Crippen LogP contribution in [0.4, 0.5) is 4.39 Å². The number of fused-ring (bicyclic) bond motifs is 1. The van der Waals surface area contributed by atoms with Gasteiger partial charge in [-0.3, -0.25) is 14.9 Å². The molecule has 4 fully saturated rings. The van der Waals surface area contributed by atoms with E-state index < -0.39 is 11.7 Å². The fourth-order valence-corrected chi connectivity index (χ4v) is 7.96. The topological polar surface area (TPSA) is 52.7 Å². The molecule has 37 heavy (non-hydrogen) atoms. The molecule has 2 atom stereocenters. The summed E-state index contributed by atoms with van der Waals surface area (Å²) in [5.74, 6) is 1.69. The largest absolute Gasteiger partial charge is 0.342 e. The lowest BCUT2D eigenvalue weighted by molar-refractivity contribution is -0.133. The molecule has 3 heterocycles. The summed E-state index contributed by atoms with van der Waals surface area (Å²) in [6.45, 7) is 2.04. The smallest absolute Gasteiger partial charge is 0.244 e. The van der Waals surface area contributed by atoms with Crippen molar-refractivity contribution in [3.05, 3.63) is 53.3 Å².